The minimum Gasteiger partial charge on any atom is -0.356 e. The van der Waals surface area contributed by atoms with Crippen molar-refractivity contribution in [1.29, 1.82) is 0 Å². The van der Waals surface area contributed by atoms with Crippen molar-refractivity contribution < 1.29 is 28.4 Å². The number of Topliss-reactive ketones (excluding diaryl/α,β-unsaturated/α-hetero) is 1. The first kappa shape index (κ1) is 26.5. The number of benzene rings is 1. The Morgan fingerprint density at radius 2 is 1.93 bits per heavy atom. The molecule has 0 radical (unpaired) electrons. The van der Waals surface area contributed by atoms with E-state index in [1.807, 2.05) is 0 Å². The Labute approximate surface area is 230 Å². The molecule has 2 aliphatic heterocycles. The molecule has 4 fully saturated rings. The van der Waals surface area contributed by atoms with Crippen LogP contribution in [0.4, 0.5) is 4.39 Å². The number of amides is 4. The van der Waals surface area contributed by atoms with Gasteiger partial charge >= 0.3 is 0 Å². The second kappa shape index (κ2) is 10.3. The lowest BCUT2D eigenvalue weighted by Gasteiger charge is -2.39. The minimum absolute atomic E-state index is 0.00384. The zero-order valence-electron chi connectivity index (χ0n) is 22.3. The number of hydrogen-bond donors (Lipinski definition) is 4. The van der Waals surface area contributed by atoms with E-state index in [2.05, 4.69) is 20.9 Å². The Bertz CT molecular complexity index is 1380. The average Bonchev–Trinajstić information content (AvgIpc) is 3.82. The molecule has 1 spiro atoms. The van der Waals surface area contributed by atoms with Gasteiger partial charge in [-0.25, -0.2) is 4.39 Å². The topological polar surface area (TPSA) is 140 Å². The van der Waals surface area contributed by atoms with E-state index in [1.165, 1.54) is 17.0 Å². The summed E-state index contributed by atoms with van der Waals surface area (Å²) in [6, 6.07) is 4.07. The van der Waals surface area contributed by atoms with Crippen LogP contribution in [0.2, 0.25) is 0 Å². The lowest BCUT2D eigenvalue weighted by molar-refractivity contribution is -0.141. The van der Waals surface area contributed by atoms with E-state index in [4.69, 9.17) is 0 Å². The number of hydrogen-bond acceptors (Lipinski definition) is 5. The number of nitrogens with zero attached hydrogens (tertiary/aromatic N) is 1. The minimum atomic E-state index is -1.10. The Morgan fingerprint density at radius 1 is 1.12 bits per heavy atom. The number of aromatic amines is 1. The highest BCUT2D eigenvalue weighted by Gasteiger charge is 2.51. The number of fused-ring (bicyclic) bond motifs is 1. The van der Waals surface area contributed by atoms with E-state index in [9.17, 15) is 28.4 Å². The van der Waals surface area contributed by atoms with Gasteiger partial charge in [0, 0.05) is 36.0 Å². The average molecular weight is 552 g/mol. The highest BCUT2D eigenvalue weighted by molar-refractivity contribution is 6.38. The molecule has 212 valence electrons. The van der Waals surface area contributed by atoms with Crippen LogP contribution >= 0.6 is 0 Å². The van der Waals surface area contributed by atoms with Crippen LogP contribution in [0.5, 0.6) is 0 Å². The van der Waals surface area contributed by atoms with E-state index in [0.717, 1.165) is 32.1 Å². The van der Waals surface area contributed by atoms with Crippen molar-refractivity contribution in [1.82, 2.24) is 25.8 Å². The van der Waals surface area contributed by atoms with Crippen molar-refractivity contribution in [3.05, 3.63) is 35.8 Å². The number of H-pyrrole nitrogens is 1. The van der Waals surface area contributed by atoms with Crippen LogP contribution in [0.1, 0.15) is 68.3 Å². The summed E-state index contributed by atoms with van der Waals surface area (Å²) < 4.78 is 14.3. The molecule has 6 rings (SSSR count). The molecule has 4 N–H and O–H groups in total. The standard InChI is InChI=1S/C29H34FN5O5/c30-19-2-1-3-20-18(19)14-22(33-20)28(40)35-13-11-29(9-10-29)15-23(35)26(38)34-21(7-4-16-8-12-31-25(16)37)24(36)27(39)32-17-5-6-17/h1-3,14,16-17,21,23,33H,4-13,15H2,(H,31,37)(H,32,39)(H,34,38)/t16-,21+,23+/m1/s1. The van der Waals surface area contributed by atoms with Crippen molar-refractivity contribution in [3.63, 3.8) is 0 Å². The number of aromatic nitrogens is 1. The molecular weight excluding hydrogens is 517 g/mol. The van der Waals surface area contributed by atoms with Gasteiger partial charge < -0.3 is 25.8 Å². The molecule has 1 aromatic heterocycles. The summed E-state index contributed by atoms with van der Waals surface area (Å²) in [6.07, 6.45) is 5.94. The summed E-state index contributed by atoms with van der Waals surface area (Å²) >= 11 is 0. The normalized spacial score (nSPS) is 24.0. The molecule has 4 amide bonds. The van der Waals surface area contributed by atoms with Crippen molar-refractivity contribution in [3.8, 4) is 0 Å². The lowest BCUT2D eigenvalue weighted by Crippen LogP contribution is -2.57. The van der Waals surface area contributed by atoms with E-state index >= 15 is 0 Å². The molecular formula is C29H34FN5O5. The predicted molar refractivity (Wildman–Crippen MR) is 142 cm³/mol. The summed E-state index contributed by atoms with van der Waals surface area (Å²) in [7, 11) is 0. The molecule has 2 saturated heterocycles. The Hall–Kier alpha value is -3.76. The third-order valence-electron chi connectivity index (χ3n) is 8.98. The first-order valence-corrected chi connectivity index (χ1v) is 14.2. The van der Waals surface area contributed by atoms with Crippen molar-refractivity contribution in [2.24, 2.45) is 11.3 Å². The zero-order valence-corrected chi connectivity index (χ0v) is 22.3. The van der Waals surface area contributed by atoms with Crippen molar-refractivity contribution >= 4 is 40.3 Å². The van der Waals surface area contributed by atoms with Crippen LogP contribution < -0.4 is 16.0 Å². The van der Waals surface area contributed by atoms with Gasteiger partial charge in [-0.15, -0.1) is 0 Å². The first-order chi connectivity index (χ1) is 19.2. The van der Waals surface area contributed by atoms with Crippen LogP contribution in [0.25, 0.3) is 10.9 Å². The van der Waals surface area contributed by atoms with E-state index < -0.39 is 41.4 Å². The number of ketones is 1. The molecule has 40 heavy (non-hydrogen) atoms. The fourth-order valence-corrected chi connectivity index (χ4v) is 6.10. The molecule has 2 saturated carbocycles. The maximum Gasteiger partial charge on any atom is 0.289 e. The number of carbonyl (C=O) groups excluding carboxylic acids is 5. The SMILES string of the molecule is O=C(NC1CC1)C(=O)[C@H](CC[C@@H]1CCNC1=O)NC(=O)[C@@H]1CC2(CCN1C(=O)c1cc3c(F)cccc3[nH]1)CC2. The summed E-state index contributed by atoms with van der Waals surface area (Å²) in [5.41, 5.74) is 0.674. The summed E-state index contributed by atoms with van der Waals surface area (Å²) in [5, 5.41) is 8.56. The number of piperidine rings is 1. The maximum atomic E-state index is 14.3. The molecule has 2 aliphatic carbocycles. The smallest absolute Gasteiger partial charge is 0.289 e. The number of carbonyl (C=O) groups is 5. The van der Waals surface area contributed by atoms with Gasteiger partial charge in [-0.2, -0.15) is 0 Å². The van der Waals surface area contributed by atoms with Gasteiger partial charge in [0.15, 0.2) is 0 Å². The van der Waals surface area contributed by atoms with E-state index in [0.29, 0.717) is 43.3 Å². The molecule has 4 aliphatic rings. The van der Waals surface area contributed by atoms with Gasteiger partial charge in [-0.05, 0) is 81.4 Å². The van der Waals surface area contributed by atoms with E-state index in [-0.39, 0.29) is 35.4 Å². The van der Waals surface area contributed by atoms with Crippen molar-refractivity contribution in [2.75, 3.05) is 13.1 Å². The fraction of sp³-hybridized carbons (Fsp3) is 0.552. The molecule has 10 nitrogen and oxygen atoms in total. The molecule has 2 aromatic rings. The highest BCUT2D eigenvalue weighted by Crippen LogP contribution is 2.55. The Kier molecular flexibility index (Phi) is 6.83. The quantitative estimate of drug-likeness (QED) is 0.353. The van der Waals surface area contributed by atoms with Crippen molar-refractivity contribution in [2.45, 2.75) is 75.9 Å². The van der Waals surface area contributed by atoms with E-state index in [1.54, 1.807) is 12.1 Å². The van der Waals surface area contributed by atoms with Crippen LogP contribution in [0.3, 0.4) is 0 Å². The summed E-state index contributed by atoms with van der Waals surface area (Å²) in [5.74, 6) is -3.19. The zero-order chi connectivity index (χ0) is 28.0. The molecule has 3 heterocycles. The first-order valence-electron chi connectivity index (χ1n) is 14.2. The van der Waals surface area contributed by atoms with Gasteiger partial charge in [0.1, 0.15) is 17.6 Å². The predicted octanol–water partition coefficient (Wildman–Crippen LogP) is 1.94. The number of halogens is 1. The van der Waals surface area contributed by atoms with Gasteiger partial charge in [0.25, 0.3) is 11.8 Å². The molecule has 3 atom stereocenters. The van der Waals surface area contributed by atoms with Gasteiger partial charge in [0.05, 0.1) is 6.04 Å². The second-order valence-corrected chi connectivity index (χ2v) is 11.9. The van der Waals surface area contributed by atoms with Crippen LogP contribution in [0.15, 0.2) is 24.3 Å². The van der Waals surface area contributed by atoms with Crippen LogP contribution in [-0.4, -0.2) is 70.5 Å². The van der Waals surface area contributed by atoms with Crippen LogP contribution in [-0.2, 0) is 19.2 Å². The number of nitrogens with one attached hydrogen (secondary N) is 4. The lowest BCUT2D eigenvalue weighted by atomic mass is 9.86. The summed E-state index contributed by atoms with van der Waals surface area (Å²) in [6.45, 7) is 0.924. The van der Waals surface area contributed by atoms with Gasteiger partial charge in [-0.1, -0.05) is 6.07 Å². The number of likely N-dealkylation sites (tertiary alicyclic amines) is 1. The molecule has 1 aromatic carbocycles. The number of rotatable bonds is 9. The monoisotopic (exact) mass is 551 g/mol. The third kappa shape index (κ3) is 5.33. The van der Waals surface area contributed by atoms with Gasteiger partial charge in [-0.3, -0.25) is 24.0 Å². The van der Waals surface area contributed by atoms with Gasteiger partial charge in [0.2, 0.25) is 17.6 Å². The second-order valence-electron chi connectivity index (χ2n) is 11.9. The largest absolute Gasteiger partial charge is 0.356 e. The third-order valence-corrected chi connectivity index (χ3v) is 8.98. The Balaban J connectivity index is 1.21. The summed E-state index contributed by atoms with van der Waals surface area (Å²) in [4.78, 5) is 69.8. The fourth-order valence-electron chi connectivity index (χ4n) is 6.10. The Morgan fingerprint density at radius 3 is 2.60 bits per heavy atom. The maximum absolute atomic E-state index is 14.3. The highest BCUT2D eigenvalue weighted by atomic mass is 19.1. The molecule has 0 unspecified atom stereocenters. The van der Waals surface area contributed by atoms with Crippen LogP contribution in [0, 0.1) is 17.2 Å². The molecule has 11 heteroatoms. The molecule has 0 bridgehead atoms.